The van der Waals surface area contributed by atoms with Crippen LogP contribution in [0.4, 0.5) is 0 Å². The summed E-state index contributed by atoms with van der Waals surface area (Å²) >= 11 is 0. The summed E-state index contributed by atoms with van der Waals surface area (Å²) in [6, 6.07) is 0. The maximum absolute atomic E-state index is 8.74. The standard InChI is InChI=1S/C6H12O2.2H3O3P/c1-3-5(4-2)6(7)8;2*1-4(2)3/h7-8H,3-4H2,1-2H3;2*4H,(H2,1,2,3). The van der Waals surface area contributed by atoms with Gasteiger partial charge in [-0.15, -0.1) is 0 Å². The second kappa shape index (κ2) is 14.6. The largest absolute Gasteiger partial charge is 0.481 e. The fourth-order valence-electron chi connectivity index (χ4n) is 0.566. The third-order valence-corrected chi connectivity index (χ3v) is 1.17. The molecule has 10 heteroatoms. The number of hydrogen-bond acceptors (Lipinski definition) is 4. The minimum Gasteiger partial charge on any atom is -0.481 e. The molecule has 0 spiro atoms. The molecule has 0 aliphatic heterocycles. The van der Waals surface area contributed by atoms with Gasteiger partial charge in [-0.05, 0) is 12.8 Å². The molecule has 0 aliphatic carbocycles. The van der Waals surface area contributed by atoms with E-state index in [-0.39, 0.29) is 0 Å². The second-order valence-electron chi connectivity index (χ2n) is 2.20. The van der Waals surface area contributed by atoms with Gasteiger partial charge in [0.05, 0.1) is 0 Å². The normalized spacial score (nSPS) is 8.75. The van der Waals surface area contributed by atoms with Crippen LogP contribution in [-0.2, 0) is 9.13 Å². The molecular weight excluding hydrogens is 262 g/mol. The summed E-state index contributed by atoms with van der Waals surface area (Å²) in [6.45, 7) is 3.79. The average Bonchev–Trinajstić information content (AvgIpc) is 2.03. The van der Waals surface area contributed by atoms with Gasteiger partial charge in [0.1, 0.15) is 0 Å². The van der Waals surface area contributed by atoms with Crippen molar-refractivity contribution in [2.45, 2.75) is 26.7 Å². The molecule has 0 rings (SSSR count). The van der Waals surface area contributed by atoms with Crippen LogP contribution in [0.15, 0.2) is 11.5 Å². The monoisotopic (exact) mass is 280 g/mol. The molecule has 0 bridgehead atoms. The van der Waals surface area contributed by atoms with Crippen LogP contribution < -0.4 is 0 Å². The second-order valence-corrected chi connectivity index (χ2v) is 3.33. The van der Waals surface area contributed by atoms with Gasteiger partial charge in [-0.1, -0.05) is 13.8 Å². The van der Waals surface area contributed by atoms with Crippen LogP contribution in [0.2, 0.25) is 0 Å². The summed E-state index contributed by atoms with van der Waals surface area (Å²) in [5, 5.41) is 16.9. The molecule has 8 nitrogen and oxygen atoms in total. The zero-order chi connectivity index (χ0) is 13.7. The van der Waals surface area contributed by atoms with Crippen molar-refractivity contribution in [2.75, 3.05) is 0 Å². The molecule has 0 aromatic heterocycles. The van der Waals surface area contributed by atoms with Crippen LogP contribution >= 0.6 is 16.5 Å². The Bertz CT molecular complexity index is 209. The quantitative estimate of drug-likeness (QED) is 0.321. The van der Waals surface area contributed by atoms with Crippen molar-refractivity contribution in [3.8, 4) is 0 Å². The lowest BCUT2D eigenvalue weighted by Gasteiger charge is -1.96. The van der Waals surface area contributed by atoms with Crippen molar-refractivity contribution >= 4 is 16.5 Å². The van der Waals surface area contributed by atoms with Crippen LogP contribution in [0.1, 0.15) is 26.7 Å². The van der Waals surface area contributed by atoms with Crippen molar-refractivity contribution in [1.82, 2.24) is 0 Å². The Morgan fingerprint density at radius 1 is 0.875 bits per heavy atom. The van der Waals surface area contributed by atoms with Crippen molar-refractivity contribution < 1.29 is 38.9 Å². The average molecular weight is 280 g/mol. The third kappa shape index (κ3) is 37.3. The number of allylic oxidation sites excluding steroid dienone is 1. The molecular formula is C6H18O8P2. The molecule has 0 saturated heterocycles. The van der Waals surface area contributed by atoms with Gasteiger partial charge in [0.15, 0.2) is 0 Å². The molecule has 0 heterocycles. The molecule has 0 unspecified atom stereocenters. The van der Waals surface area contributed by atoms with E-state index < -0.39 is 22.5 Å². The zero-order valence-electron chi connectivity index (χ0n) is 8.91. The summed E-state index contributed by atoms with van der Waals surface area (Å²) in [6.07, 6.45) is 1.44. The van der Waals surface area contributed by atoms with Crippen molar-refractivity contribution in [3.63, 3.8) is 0 Å². The predicted octanol–water partition coefficient (Wildman–Crippen LogP) is 0.855. The maximum Gasteiger partial charge on any atom is 0.314 e. The van der Waals surface area contributed by atoms with Crippen LogP contribution in [0.5, 0.6) is 0 Å². The van der Waals surface area contributed by atoms with Crippen molar-refractivity contribution in [3.05, 3.63) is 11.5 Å². The highest BCUT2D eigenvalue weighted by molar-refractivity contribution is 7.31. The highest BCUT2D eigenvalue weighted by Gasteiger charge is 1.95. The maximum atomic E-state index is 8.74. The minimum atomic E-state index is -3.13. The van der Waals surface area contributed by atoms with Gasteiger partial charge >= 0.3 is 16.5 Å². The summed E-state index contributed by atoms with van der Waals surface area (Å²) < 4.78 is 17.5. The van der Waals surface area contributed by atoms with Crippen LogP contribution in [0, 0.1) is 0 Å². The van der Waals surface area contributed by atoms with Crippen LogP contribution in [-0.4, -0.2) is 29.8 Å². The molecule has 0 amide bonds. The van der Waals surface area contributed by atoms with Gasteiger partial charge in [0.2, 0.25) is 0 Å². The lowest BCUT2D eigenvalue weighted by molar-refractivity contribution is 0.182. The molecule has 0 saturated carbocycles. The van der Waals surface area contributed by atoms with E-state index in [9.17, 15) is 0 Å². The lowest BCUT2D eigenvalue weighted by atomic mass is 10.2. The summed E-state index contributed by atoms with van der Waals surface area (Å²) in [4.78, 5) is 28.6. The van der Waals surface area contributed by atoms with E-state index >= 15 is 0 Å². The number of aliphatic hydroxyl groups is 2. The first-order chi connectivity index (χ1) is 7.18. The van der Waals surface area contributed by atoms with Crippen molar-refractivity contribution in [1.29, 1.82) is 0 Å². The van der Waals surface area contributed by atoms with Gasteiger partial charge < -0.3 is 29.8 Å². The molecule has 0 radical (unpaired) electrons. The summed E-state index contributed by atoms with van der Waals surface area (Å²) in [5.41, 5.74) is 0.713. The fraction of sp³-hybridized carbons (Fsp3) is 0.667. The van der Waals surface area contributed by atoms with Gasteiger partial charge in [0.25, 0.3) is 5.95 Å². The first-order valence-electron chi connectivity index (χ1n) is 4.12. The Labute approximate surface area is 94.4 Å². The van der Waals surface area contributed by atoms with E-state index in [1.165, 1.54) is 0 Å². The highest BCUT2D eigenvalue weighted by atomic mass is 31.1. The first kappa shape index (κ1) is 21.0. The fourth-order valence-corrected chi connectivity index (χ4v) is 0.566. The highest BCUT2D eigenvalue weighted by Crippen LogP contribution is 2.07. The molecule has 0 atom stereocenters. The summed E-state index contributed by atoms with van der Waals surface area (Å²) in [5.74, 6) is -0.505. The van der Waals surface area contributed by atoms with E-state index in [0.717, 1.165) is 12.8 Å². The number of hydrogen-bond donors (Lipinski definition) is 6. The Balaban J connectivity index is -0.000000179. The lowest BCUT2D eigenvalue weighted by Crippen LogP contribution is -1.86. The minimum absolute atomic E-state index is 0.505. The van der Waals surface area contributed by atoms with E-state index in [4.69, 9.17) is 38.9 Å². The van der Waals surface area contributed by atoms with E-state index in [1.807, 2.05) is 13.8 Å². The molecule has 100 valence electrons. The smallest absolute Gasteiger partial charge is 0.314 e. The van der Waals surface area contributed by atoms with Crippen molar-refractivity contribution in [2.24, 2.45) is 0 Å². The molecule has 6 N–H and O–H groups in total. The third-order valence-electron chi connectivity index (χ3n) is 1.17. The van der Waals surface area contributed by atoms with E-state index in [0.29, 0.717) is 5.57 Å². The molecule has 0 aromatic carbocycles. The molecule has 0 fully saturated rings. The van der Waals surface area contributed by atoms with Crippen LogP contribution in [0.25, 0.3) is 0 Å². The van der Waals surface area contributed by atoms with Gasteiger partial charge in [-0.2, -0.15) is 0 Å². The van der Waals surface area contributed by atoms with Crippen LogP contribution in [0.3, 0.4) is 0 Å². The topological polar surface area (TPSA) is 156 Å². The molecule has 0 aromatic rings. The zero-order valence-corrected chi connectivity index (χ0v) is 10.9. The molecule has 0 aliphatic rings. The Morgan fingerprint density at radius 3 is 1.06 bits per heavy atom. The Morgan fingerprint density at radius 2 is 1.06 bits per heavy atom. The first-order valence-corrected chi connectivity index (χ1v) is 6.73. The van der Waals surface area contributed by atoms with Gasteiger partial charge in [-0.25, -0.2) is 0 Å². The van der Waals surface area contributed by atoms with E-state index in [2.05, 4.69) is 0 Å². The number of aliphatic hydroxyl groups excluding tert-OH is 1. The number of rotatable bonds is 2. The Hall–Kier alpha value is -0.360. The van der Waals surface area contributed by atoms with E-state index in [1.54, 1.807) is 0 Å². The Kier molecular flexibility index (Phi) is 19.2. The van der Waals surface area contributed by atoms with Gasteiger partial charge in [-0.3, -0.25) is 9.13 Å². The summed E-state index contributed by atoms with van der Waals surface area (Å²) in [7, 11) is -6.26. The van der Waals surface area contributed by atoms with Gasteiger partial charge in [0, 0.05) is 5.57 Å². The predicted molar refractivity (Wildman–Crippen MR) is 59.7 cm³/mol. The molecule has 16 heavy (non-hydrogen) atoms. The SMILES string of the molecule is CCC(CC)=C(O)O.O=[PH](O)O.O=[PH](O)O.